The zero-order valence-electron chi connectivity index (χ0n) is 13.0. The Hall–Kier alpha value is -1.55. The molecule has 1 aliphatic carbocycles. The maximum Gasteiger partial charge on any atom is 0.260 e. The molecule has 1 atom stereocenters. The number of benzene rings is 1. The van der Waals surface area contributed by atoms with Crippen LogP contribution < -0.4 is 15.4 Å². The minimum atomic E-state index is -0.468. The number of rotatable bonds is 6. The third-order valence-corrected chi connectivity index (χ3v) is 3.96. The molecule has 0 bridgehead atoms. The third-order valence-electron chi connectivity index (χ3n) is 3.96. The summed E-state index contributed by atoms with van der Waals surface area (Å²) >= 11 is 0. The fourth-order valence-electron chi connectivity index (χ4n) is 2.76. The molecule has 116 valence electrons. The zero-order valence-corrected chi connectivity index (χ0v) is 13.0. The molecule has 0 heterocycles. The quantitative estimate of drug-likeness (QED) is 0.847. The van der Waals surface area contributed by atoms with Gasteiger partial charge in [0.1, 0.15) is 5.75 Å². The molecule has 1 unspecified atom stereocenters. The maximum absolute atomic E-state index is 12.2. The molecule has 0 saturated heterocycles. The predicted octanol–water partition coefficient (Wildman–Crippen LogP) is 2.62. The van der Waals surface area contributed by atoms with Gasteiger partial charge in [-0.1, -0.05) is 37.5 Å². The van der Waals surface area contributed by atoms with Gasteiger partial charge in [0, 0.05) is 18.2 Å². The highest BCUT2D eigenvalue weighted by atomic mass is 16.5. The summed E-state index contributed by atoms with van der Waals surface area (Å²) in [7, 11) is 1.90. The maximum atomic E-state index is 12.2. The Morgan fingerprint density at radius 2 is 2.00 bits per heavy atom. The van der Waals surface area contributed by atoms with Crippen LogP contribution in [0.3, 0.4) is 0 Å². The van der Waals surface area contributed by atoms with E-state index in [1.165, 1.54) is 19.3 Å². The summed E-state index contributed by atoms with van der Waals surface area (Å²) in [6, 6.07) is 8.16. The van der Waals surface area contributed by atoms with E-state index in [1.54, 1.807) is 0 Å². The van der Waals surface area contributed by atoms with Crippen molar-refractivity contribution in [3.63, 3.8) is 0 Å². The Kier molecular flexibility index (Phi) is 6.05. The molecule has 0 aliphatic heterocycles. The summed E-state index contributed by atoms with van der Waals surface area (Å²) in [5.41, 5.74) is 1.07. The SMILES string of the molecule is CNCc1ccccc1OC(C)C(=O)NC1CCCCC1. The largest absolute Gasteiger partial charge is 0.481 e. The second-order valence-corrected chi connectivity index (χ2v) is 5.74. The topological polar surface area (TPSA) is 50.4 Å². The summed E-state index contributed by atoms with van der Waals surface area (Å²) in [5.74, 6) is 0.763. The Bertz CT molecular complexity index is 456. The molecule has 4 heteroatoms. The first-order valence-electron chi connectivity index (χ1n) is 7.90. The fraction of sp³-hybridized carbons (Fsp3) is 0.588. The van der Waals surface area contributed by atoms with Crippen molar-refractivity contribution in [1.29, 1.82) is 0 Å². The van der Waals surface area contributed by atoms with Gasteiger partial charge in [-0.3, -0.25) is 4.79 Å². The lowest BCUT2D eigenvalue weighted by Gasteiger charge is -2.25. The minimum Gasteiger partial charge on any atom is -0.481 e. The summed E-state index contributed by atoms with van der Waals surface area (Å²) in [5, 5.41) is 6.22. The molecular formula is C17H26N2O2. The number of carbonyl (C=O) groups excluding carboxylic acids is 1. The van der Waals surface area contributed by atoms with Crippen molar-refractivity contribution in [3.8, 4) is 5.75 Å². The van der Waals surface area contributed by atoms with E-state index in [0.29, 0.717) is 6.04 Å². The van der Waals surface area contributed by atoms with Crippen LogP contribution in [-0.4, -0.2) is 25.1 Å². The first kappa shape index (κ1) is 15.8. The van der Waals surface area contributed by atoms with Gasteiger partial charge in [-0.05, 0) is 32.9 Å². The van der Waals surface area contributed by atoms with Crippen LogP contribution in [0.15, 0.2) is 24.3 Å². The minimum absolute atomic E-state index is 0.0128. The molecule has 1 saturated carbocycles. The molecule has 1 amide bonds. The van der Waals surface area contributed by atoms with Crippen LogP contribution in [0.4, 0.5) is 0 Å². The van der Waals surface area contributed by atoms with Gasteiger partial charge in [0.25, 0.3) is 5.91 Å². The molecule has 4 nitrogen and oxygen atoms in total. The Morgan fingerprint density at radius 1 is 1.29 bits per heavy atom. The smallest absolute Gasteiger partial charge is 0.260 e. The molecule has 1 aromatic rings. The molecule has 21 heavy (non-hydrogen) atoms. The van der Waals surface area contributed by atoms with Crippen molar-refractivity contribution >= 4 is 5.91 Å². The first-order chi connectivity index (χ1) is 10.2. The van der Waals surface area contributed by atoms with Crippen molar-refractivity contribution in [2.75, 3.05) is 7.05 Å². The van der Waals surface area contributed by atoms with Crippen LogP contribution in [0, 0.1) is 0 Å². The van der Waals surface area contributed by atoms with E-state index in [1.807, 2.05) is 38.2 Å². The lowest BCUT2D eigenvalue weighted by atomic mass is 9.95. The zero-order chi connectivity index (χ0) is 15.1. The molecule has 2 rings (SSSR count). The average Bonchev–Trinajstić information content (AvgIpc) is 2.50. The number of nitrogens with one attached hydrogen (secondary N) is 2. The van der Waals surface area contributed by atoms with Gasteiger partial charge in [0.15, 0.2) is 6.10 Å². The third kappa shape index (κ3) is 4.74. The number of hydrogen-bond acceptors (Lipinski definition) is 3. The van der Waals surface area contributed by atoms with Crippen LogP contribution in [0.5, 0.6) is 5.75 Å². The van der Waals surface area contributed by atoms with Crippen LogP contribution in [0.1, 0.15) is 44.6 Å². The highest BCUT2D eigenvalue weighted by Gasteiger charge is 2.21. The van der Waals surface area contributed by atoms with Gasteiger partial charge in [0.05, 0.1) is 0 Å². The van der Waals surface area contributed by atoms with E-state index < -0.39 is 6.10 Å². The summed E-state index contributed by atoms with van der Waals surface area (Å²) in [6.07, 6.45) is 5.43. The standard InChI is InChI=1S/C17H26N2O2/c1-13(17(20)19-15-9-4-3-5-10-15)21-16-11-7-6-8-14(16)12-18-2/h6-8,11,13,15,18H,3-5,9-10,12H2,1-2H3,(H,19,20). The second kappa shape index (κ2) is 8.03. The van der Waals surface area contributed by atoms with E-state index in [9.17, 15) is 4.79 Å². The lowest BCUT2D eigenvalue weighted by molar-refractivity contribution is -0.128. The monoisotopic (exact) mass is 290 g/mol. The highest BCUT2D eigenvalue weighted by molar-refractivity contribution is 5.81. The molecule has 1 aliphatic rings. The Balaban J connectivity index is 1.90. The molecule has 2 N–H and O–H groups in total. The van der Waals surface area contributed by atoms with Gasteiger partial charge in [-0.2, -0.15) is 0 Å². The summed E-state index contributed by atoms with van der Waals surface area (Å²) in [6.45, 7) is 2.54. The molecule has 0 spiro atoms. The molecule has 0 radical (unpaired) electrons. The normalized spacial score (nSPS) is 17.2. The lowest BCUT2D eigenvalue weighted by Crippen LogP contribution is -2.43. The van der Waals surface area contributed by atoms with E-state index in [4.69, 9.17) is 4.74 Å². The van der Waals surface area contributed by atoms with Crippen molar-refractivity contribution < 1.29 is 9.53 Å². The number of hydrogen-bond donors (Lipinski definition) is 2. The second-order valence-electron chi connectivity index (χ2n) is 5.74. The van der Waals surface area contributed by atoms with Crippen molar-refractivity contribution in [2.45, 2.75) is 57.7 Å². The van der Waals surface area contributed by atoms with E-state index in [-0.39, 0.29) is 5.91 Å². The number of para-hydroxylation sites is 1. The molecular weight excluding hydrogens is 264 g/mol. The van der Waals surface area contributed by atoms with Gasteiger partial charge < -0.3 is 15.4 Å². The number of ether oxygens (including phenoxy) is 1. The summed E-state index contributed by atoms with van der Waals surface area (Å²) < 4.78 is 5.85. The van der Waals surface area contributed by atoms with Gasteiger partial charge in [-0.25, -0.2) is 0 Å². The van der Waals surface area contributed by atoms with E-state index >= 15 is 0 Å². The van der Waals surface area contributed by atoms with Crippen LogP contribution in [-0.2, 0) is 11.3 Å². The molecule has 1 fully saturated rings. The Labute approximate surface area is 127 Å². The van der Waals surface area contributed by atoms with E-state index in [2.05, 4.69) is 10.6 Å². The predicted molar refractivity (Wildman–Crippen MR) is 84.3 cm³/mol. The number of amides is 1. The first-order valence-corrected chi connectivity index (χ1v) is 7.90. The molecule has 0 aromatic heterocycles. The van der Waals surface area contributed by atoms with Gasteiger partial charge >= 0.3 is 0 Å². The van der Waals surface area contributed by atoms with Crippen LogP contribution >= 0.6 is 0 Å². The number of carbonyl (C=O) groups is 1. The van der Waals surface area contributed by atoms with Gasteiger partial charge in [-0.15, -0.1) is 0 Å². The van der Waals surface area contributed by atoms with Crippen molar-refractivity contribution in [1.82, 2.24) is 10.6 Å². The van der Waals surface area contributed by atoms with Gasteiger partial charge in [0.2, 0.25) is 0 Å². The highest BCUT2D eigenvalue weighted by Crippen LogP contribution is 2.20. The van der Waals surface area contributed by atoms with Crippen molar-refractivity contribution in [2.24, 2.45) is 0 Å². The summed E-state index contributed by atoms with van der Waals surface area (Å²) in [4.78, 5) is 12.2. The Morgan fingerprint density at radius 3 is 2.71 bits per heavy atom. The van der Waals surface area contributed by atoms with E-state index in [0.717, 1.165) is 30.7 Å². The fourth-order valence-corrected chi connectivity index (χ4v) is 2.76. The van der Waals surface area contributed by atoms with Crippen LogP contribution in [0.25, 0.3) is 0 Å². The molecule has 1 aromatic carbocycles. The van der Waals surface area contributed by atoms with Crippen molar-refractivity contribution in [3.05, 3.63) is 29.8 Å². The van der Waals surface area contributed by atoms with Crippen LogP contribution in [0.2, 0.25) is 0 Å². The average molecular weight is 290 g/mol.